The Morgan fingerprint density at radius 3 is 2.21 bits per heavy atom. The maximum Gasteiger partial charge on any atom is 0.0659 e. The first-order valence-corrected chi connectivity index (χ1v) is 5.72. The van der Waals surface area contributed by atoms with Crippen LogP contribution in [0.3, 0.4) is 0 Å². The topological polar surface area (TPSA) is 21.3 Å². The summed E-state index contributed by atoms with van der Waals surface area (Å²) in [5.41, 5.74) is 0.290. The summed E-state index contributed by atoms with van der Waals surface area (Å²) in [6.07, 6.45) is 1.95. The van der Waals surface area contributed by atoms with E-state index in [4.69, 9.17) is 4.74 Å². The van der Waals surface area contributed by atoms with Crippen LogP contribution in [0.5, 0.6) is 0 Å². The van der Waals surface area contributed by atoms with Gasteiger partial charge in [-0.05, 0) is 26.3 Å². The molecule has 3 atom stereocenters. The zero-order chi connectivity index (χ0) is 10.9. The molecule has 1 fully saturated rings. The molecule has 1 N–H and O–H groups in total. The van der Waals surface area contributed by atoms with Crippen molar-refractivity contribution in [2.24, 2.45) is 11.3 Å². The Balaban J connectivity index is 2.42. The van der Waals surface area contributed by atoms with Gasteiger partial charge in [0.1, 0.15) is 0 Å². The van der Waals surface area contributed by atoms with E-state index >= 15 is 0 Å². The summed E-state index contributed by atoms with van der Waals surface area (Å²) in [4.78, 5) is 0. The van der Waals surface area contributed by atoms with Gasteiger partial charge in [-0.1, -0.05) is 27.7 Å². The molecule has 2 heteroatoms. The third-order valence-electron chi connectivity index (χ3n) is 3.84. The van der Waals surface area contributed by atoms with Crippen LogP contribution in [-0.2, 0) is 4.74 Å². The van der Waals surface area contributed by atoms with Gasteiger partial charge in [0.05, 0.1) is 12.2 Å². The maximum atomic E-state index is 6.06. The van der Waals surface area contributed by atoms with Crippen molar-refractivity contribution in [3.63, 3.8) is 0 Å². The van der Waals surface area contributed by atoms with Crippen molar-refractivity contribution in [3.8, 4) is 0 Å². The van der Waals surface area contributed by atoms with E-state index in [-0.39, 0.29) is 5.41 Å². The predicted molar refractivity (Wildman–Crippen MR) is 60.4 cm³/mol. The fourth-order valence-corrected chi connectivity index (χ4v) is 2.02. The normalized spacial score (nSPS) is 32.8. The van der Waals surface area contributed by atoms with Gasteiger partial charge in [0.15, 0.2) is 0 Å². The van der Waals surface area contributed by atoms with E-state index < -0.39 is 0 Å². The minimum atomic E-state index is 0.290. The quantitative estimate of drug-likeness (QED) is 0.751. The molecule has 0 aromatic heterocycles. The smallest absolute Gasteiger partial charge is 0.0659 e. The number of ether oxygens (including phenoxy) is 1. The van der Waals surface area contributed by atoms with Crippen molar-refractivity contribution < 1.29 is 4.74 Å². The average molecular weight is 199 g/mol. The summed E-state index contributed by atoms with van der Waals surface area (Å²) in [5.74, 6) is 0.611. The Kier molecular flexibility index (Phi) is 3.59. The Hall–Kier alpha value is -0.0800. The lowest BCUT2D eigenvalue weighted by Crippen LogP contribution is -2.60. The first-order valence-electron chi connectivity index (χ1n) is 5.72. The van der Waals surface area contributed by atoms with Gasteiger partial charge in [0.25, 0.3) is 0 Å². The number of hydrogen-bond acceptors (Lipinski definition) is 2. The largest absolute Gasteiger partial charge is 0.374 e. The molecule has 0 radical (unpaired) electrons. The van der Waals surface area contributed by atoms with Crippen molar-refractivity contribution in [1.82, 2.24) is 5.32 Å². The summed E-state index contributed by atoms with van der Waals surface area (Å²) in [7, 11) is 2.04. The van der Waals surface area contributed by atoms with Gasteiger partial charge in [-0.15, -0.1) is 0 Å². The molecule has 1 rings (SSSR count). The molecule has 0 aromatic rings. The zero-order valence-corrected chi connectivity index (χ0v) is 10.4. The Morgan fingerprint density at radius 1 is 1.29 bits per heavy atom. The van der Waals surface area contributed by atoms with E-state index in [0.29, 0.717) is 24.2 Å². The van der Waals surface area contributed by atoms with Crippen LogP contribution in [0.25, 0.3) is 0 Å². The second kappa shape index (κ2) is 4.19. The molecule has 0 heterocycles. The molecule has 1 aliphatic carbocycles. The molecule has 84 valence electrons. The van der Waals surface area contributed by atoms with Crippen LogP contribution < -0.4 is 5.32 Å². The van der Waals surface area contributed by atoms with Crippen LogP contribution in [0.1, 0.15) is 41.0 Å². The monoisotopic (exact) mass is 199 g/mol. The fourth-order valence-electron chi connectivity index (χ4n) is 2.02. The number of nitrogens with one attached hydrogen (secondary N) is 1. The lowest BCUT2D eigenvalue weighted by Gasteiger charge is -2.52. The summed E-state index contributed by atoms with van der Waals surface area (Å²) in [6, 6.07) is 0.617. The molecule has 1 aliphatic rings. The molecule has 0 saturated heterocycles. The van der Waals surface area contributed by atoms with Gasteiger partial charge in [0.2, 0.25) is 0 Å². The van der Waals surface area contributed by atoms with Crippen molar-refractivity contribution >= 4 is 0 Å². The third kappa shape index (κ3) is 2.12. The molecular formula is C12H25NO. The molecule has 0 bridgehead atoms. The highest BCUT2D eigenvalue weighted by molar-refractivity contribution is 5.02. The highest BCUT2D eigenvalue weighted by Gasteiger charge is 2.48. The summed E-state index contributed by atoms with van der Waals surface area (Å²) < 4.78 is 6.06. The first-order chi connectivity index (χ1) is 6.39. The molecule has 3 unspecified atom stereocenters. The van der Waals surface area contributed by atoms with Crippen LogP contribution in [0, 0.1) is 11.3 Å². The van der Waals surface area contributed by atoms with Gasteiger partial charge in [-0.3, -0.25) is 0 Å². The van der Waals surface area contributed by atoms with Crippen LogP contribution in [-0.4, -0.2) is 25.3 Å². The van der Waals surface area contributed by atoms with Gasteiger partial charge in [-0.25, -0.2) is 0 Å². The van der Waals surface area contributed by atoms with E-state index in [9.17, 15) is 0 Å². The van der Waals surface area contributed by atoms with Gasteiger partial charge >= 0.3 is 0 Å². The van der Waals surface area contributed by atoms with Gasteiger partial charge in [-0.2, -0.15) is 0 Å². The average Bonchev–Trinajstić information content (AvgIpc) is 2.10. The van der Waals surface area contributed by atoms with E-state index in [1.54, 1.807) is 0 Å². The lowest BCUT2D eigenvalue weighted by molar-refractivity contribution is -0.151. The number of rotatable bonds is 4. The molecule has 1 saturated carbocycles. The minimum Gasteiger partial charge on any atom is -0.374 e. The molecule has 14 heavy (non-hydrogen) atoms. The standard InChI is InChI=1S/C12H25NO/c1-8(2)9(3)14-11-7-10(13-6)12(11,4)5/h8-11,13H,7H2,1-6H3. The van der Waals surface area contributed by atoms with Crippen molar-refractivity contribution in [3.05, 3.63) is 0 Å². The fraction of sp³-hybridized carbons (Fsp3) is 1.00. The lowest BCUT2D eigenvalue weighted by atomic mass is 9.64. The molecular weight excluding hydrogens is 174 g/mol. The van der Waals surface area contributed by atoms with E-state index in [1.807, 2.05) is 7.05 Å². The van der Waals surface area contributed by atoms with Crippen molar-refractivity contribution in [2.45, 2.75) is 59.3 Å². The second-order valence-electron chi connectivity index (χ2n) is 5.47. The zero-order valence-electron chi connectivity index (χ0n) is 10.4. The number of hydrogen-bond donors (Lipinski definition) is 1. The van der Waals surface area contributed by atoms with Crippen LogP contribution >= 0.6 is 0 Å². The summed E-state index contributed by atoms with van der Waals surface area (Å²) in [6.45, 7) is 11.2. The molecule has 0 aliphatic heterocycles. The van der Waals surface area contributed by atoms with E-state index in [2.05, 4.69) is 39.9 Å². The summed E-state index contributed by atoms with van der Waals surface area (Å²) >= 11 is 0. The molecule has 0 aromatic carbocycles. The summed E-state index contributed by atoms with van der Waals surface area (Å²) in [5, 5.41) is 3.34. The first kappa shape index (κ1) is 12.0. The van der Waals surface area contributed by atoms with Crippen molar-refractivity contribution in [2.75, 3.05) is 7.05 Å². The highest BCUT2D eigenvalue weighted by atomic mass is 16.5. The van der Waals surface area contributed by atoms with E-state index in [0.717, 1.165) is 6.42 Å². The van der Waals surface area contributed by atoms with Crippen molar-refractivity contribution in [1.29, 1.82) is 0 Å². The molecule has 0 spiro atoms. The second-order valence-corrected chi connectivity index (χ2v) is 5.47. The van der Waals surface area contributed by atoms with Gasteiger partial charge in [0, 0.05) is 11.5 Å². The maximum absolute atomic E-state index is 6.06. The SMILES string of the molecule is CNC1CC(OC(C)C(C)C)C1(C)C. The van der Waals surface area contributed by atoms with Crippen LogP contribution in [0.15, 0.2) is 0 Å². The Bertz CT molecular complexity index is 189. The highest BCUT2D eigenvalue weighted by Crippen LogP contribution is 2.43. The third-order valence-corrected chi connectivity index (χ3v) is 3.84. The van der Waals surface area contributed by atoms with Crippen LogP contribution in [0.2, 0.25) is 0 Å². The van der Waals surface area contributed by atoms with E-state index in [1.165, 1.54) is 0 Å². The predicted octanol–water partition coefficient (Wildman–Crippen LogP) is 2.43. The minimum absolute atomic E-state index is 0.290. The molecule has 0 amide bonds. The molecule has 2 nitrogen and oxygen atoms in total. The van der Waals surface area contributed by atoms with Gasteiger partial charge < -0.3 is 10.1 Å². The Morgan fingerprint density at radius 2 is 1.86 bits per heavy atom. The Labute approximate surface area is 88.4 Å². The van der Waals surface area contributed by atoms with Crippen LogP contribution in [0.4, 0.5) is 0 Å².